The van der Waals surface area contributed by atoms with Gasteiger partial charge in [-0.15, -0.1) is 0 Å². The predicted molar refractivity (Wildman–Crippen MR) is 349 cm³/mol. The number of aliphatic hydroxyl groups excluding tert-OH is 2. The summed E-state index contributed by atoms with van der Waals surface area (Å²) in [6.07, 6.45) is -0.533. The number of carboxylic acids is 2. The van der Waals surface area contributed by atoms with Crippen molar-refractivity contribution in [2.45, 2.75) is 165 Å². The first-order valence-electron chi connectivity index (χ1n) is 31.9. The molecule has 1 aromatic heterocycles. The summed E-state index contributed by atoms with van der Waals surface area (Å²) in [4.78, 5) is 185. The monoisotopic (exact) mass is 1380 g/mol. The molecule has 1 aliphatic rings. The molecule has 0 saturated carbocycles. The van der Waals surface area contributed by atoms with E-state index in [1.165, 1.54) is 85.3 Å². The minimum atomic E-state index is -1.88. The zero-order valence-corrected chi connectivity index (χ0v) is 55.0. The lowest BCUT2D eigenvalue weighted by Gasteiger charge is -2.30. The molecule has 0 radical (unpaired) electrons. The molecule has 11 amide bonds. The number of aromatic hydroxyl groups is 3. The van der Waals surface area contributed by atoms with Gasteiger partial charge in [0.1, 0.15) is 77.7 Å². The summed E-state index contributed by atoms with van der Waals surface area (Å²) < 4.78 is 0. The number of carboxylic acid groups (broad SMARTS) is 2. The van der Waals surface area contributed by atoms with Crippen molar-refractivity contribution in [2.75, 3.05) is 19.8 Å². The number of phenolic OH excluding ortho intramolecular Hbond substituents is 3. The van der Waals surface area contributed by atoms with Crippen LogP contribution in [0.2, 0.25) is 0 Å². The number of nitrogens with two attached hydrogens (primary N) is 2. The van der Waals surface area contributed by atoms with Crippen molar-refractivity contribution in [3.8, 4) is 17.2 Å². The zero-order valence-electron chi connectivity index (χ0n) is 55.0. The number of H-pyrrole nitrogens is 1. The maximum absolute atomic E-state index is 14.7. The molecular weight excluding hydrogens is 1300 g/mol. The zero-order chi connectivity index (χ0) is 73.2. The number of benzene rings is 3. The van der Waals surface area contributed by atoms with Crippen LogP contribution in [-0.2, 0) is 88.0 Å². The Hall–Kier alpha value is -10.7. The third-order valence-electron chi connectivity index (χ3n) is 15.8. The number of phenols is 3. The summed E-state index contributed by atoms with van der Waals surface area (Å²) in [7, 11) is 0. The van der Waals surface area contributed by atoms with E-state index in [2.05, 4.69) is 57.8 Å². The summed E-state index contributed by atoms with van der Waals surface area (Å²) in [6.45, 7) is 4.77. The second-order valence-corrected chi connectivity index (χ2v) is 24.8. The third-order valence-corrected chi connectivity index (χ3v) is 15.8. The fraction of sp³-hybridized carbons (Fsp3) is 0.477. The molecule has 99 heavy (non-hydrogen) atoms. The summed E-state index contributed by atoms with van der Waals surface area (Å²) in [5.41, 5.74) is 13.0. The number of rotatable bonds is 39. The number of primary amides is 1. The van der Waals surface area contributed by atoms with Crippen LogP contribution in [0, 0.1) is 11.8 Å². The Morgan fingerprint density at radius 1 is 0.515 bits per heavy atom. The average Bonchev–Trinajstić information content (AvgIpc) is 1.77. The number of carbonyl (C=O) groups excluding carboxylic acids is 11. The van der Waals surface area contributed by atoms with Gasteiger partial charge in [-0.05, 0) is 97.0 Å². The fourth-order valence-corrected chi connectivity index (χ4v) is 10.6. The van der Waals surface area contributed by atoms with E-state index in [9.17, 15) is 98.1 Å². The number of amides is 11. The van der Waals surface area contributed by atoms with Crippen LogP contribution in [0.3, 0.4) is 0 Å². The van der Waals surface area contributed by atoms with Crippen molar-refractivity contribution < 1.29 is 98.1 Å². The molecule has 34 nitrogen and oxygen atoms in total. The number of nitrogens with one attached hydrogen (secondary N) is 10. The van der Waals surface area contributed by atoms with E-state index in [1.54, 1.807) is 13.8 Å². The lowest BCUT2D eigenvalue weighted by molar-refractivity contribution is -0.143. The van der Waals surface area contributed by atoms with Crippen LogP contribution in [0.4, 0.5) is 0 Å². The Kier molecular flexibility index (Phi) is 30.5. The lowest BCUT2D eigenvalue weighted by Crippen LogP contribution is -2.62. The molecule has 0 spiro atoms. The highest BCUT2D eigenvalue weighted by Gasteiger charge is 2.41. The van der Waals surface area contributed by atoms with E-state index in [0.717, 1.165) is 4.90 Å². The molecule has 0 bridgehead atoms. The SMILES string of the molecule is CC(C)C[C@H](NC(=O)[C@H](CC(N)=O)NC(=O)[C@H](CCC(=O)O)NC(=O)[C@H](Cc1ccc(O)cc1)NC(=O)[C@H](Cc1ccc(O)cc1)NC(=O)[C@H](CO)NC(=O)[C@@H]1CCCN1C(=O)[C@H](CO)NC(=O)[C@H](Cc1cnc[nH]1)NC(=O)[C@H](Cc1ccc(O)cc1)NC(=O)[C@@H](N)CC(C)C)C(=O)O. The fourth-order valence-electron chi connectivity index (χ4n) is 10.6. The first-order valence-corrected chi connectivity index (χ1v) is 31.9. The van der Waals surface area contributed by atoms with Gasteiger partial charge in [0.05, 0.1) is 32.0 Å². The van der Waals surface area contributed by atoms with Crippen LogP contribution < -0.4 is 59.3 Å². The van der Waals surface area contributed by atoms with Crippen LogP contribution in [0.25, 0.3) is 0 Å². The maximum Gasteiger partial charge on any atom is 0.326 e. The van der Waals surface area contributed by atoms with Gasteiger partial charge in [0.25, 0.3) is 0 Å². The van der Waals surface area contributed by atoms with Crippen LogP contribution >= 0.6 is 0 Å². The van der Waals surface area contributed by atoms with Crippen molar-refractivity contribution in [1.82, 2.24) is 62.7 Å². The number of nitrogens with zero attached hydrogens (tertiary/aromatic N) is 2. The molecule has 0 aliphatic carbocycles. The molecule has 1 fully saturated rings. The number of imidazole rings is 1. The van der Waals surface area contributed by atoms with Gasteiger partial charge in [0, 0.05) is 50.5 Å². The van der Waals surface area contributed by atoms with E-state index in [1.807, 2.05) is 13.8 Å². The van der Waals surface area contributed by atoms with E-state index in [4.69, 9.17) is 11.5 Å². The van der Waals surface area contributed by atoms with Crippen molar-refractivity contribution in [3.05, 3.63) is 108 Å². The molecule has 1 aliphatic heterocycles. The Morgan fingerprint density at radius 3 is 1.32 bits per heavy atom. The van der Waals surface area contributed by atoms with E-state index < -0.39 is 189 Å². The molecule has 0 unspecified atom stereocenters. The largest absolute Gasteiger partial charge is 0.508 e. The number of aromatic amines is 1. The number of hydrogen-bond acceptors (Lipinski definition) is 20. The molecule has 5 rings (SSSR count). The van der Waals surface area contributed by atoms with Crippen LogP contribution in [0.5, 0.6) is 17.2 Å². The van der Waals surface area contributed by atoms with E-state index in [-0.39, 0.29) is 85.3 Å². The van der Waals surface area contributed by atoms with Crippen LogP contribution in [0.15, 0.2) is 85.3 Å². The number of aromatic nitrogens is 2. The number of carbonyl (C=O) groups is 13. The molecule has 34 heteroatoms. The Balaban J connectivity index is 1.37. The standard InChI is InChI=1S/C65H88N14O20/c1-33(2)22-42(66)55(88)71-44(24-35-7-13-39(82)14-8-35)58(91)74-47(27-38-29-68-32-69-38)60(93)78-51(31-81)64(97)79-21-5-6-52(79)63(96)77-50(30-80)62(95)73-46(26-37-11-17-41(84)18-12-37)59(92)72-45(25-36-9-15-40(83)16-10-36)57(90)70-43(19-20-54(86)87)56(89)75-48(28-53(67)85)61(94)76-49(65(98)99)23-34(3)4/h7-18,29,32-34,42-52,80-84H,5-6,19-28,30-31,66H2,1-4H3,(H2,67,85)(H,68,69)(H,70,90)(H,71,88)(H,72,92)(H,73,95)(H,74,91)(H,75,89)(H,76,94)(H,77,96)(H,78,93)(H,86,87)(H,98,99)/t42-,43-,44-,45-,46-,47-,48-,49-,50-,51-,52-/m0/s1. The Morgan fingerprint density at radius 2 is 0.909 bits per heavy atom. The van der Waals surface area contributed by atoms with Crippen LogP contribution in [0.1, 0.15) is 95.0 Å². The maximum atomic E-state index is 14.7. The average molecular weight is 1390 g/mol. The van der Waals surface area contributed by atoms with Gasteiger partial charge in [-0.1, -0.05) is 64.1 Å². The molecule has 4 aromatic rings. The third kappa shape index (κ3) is 25.6. The van der Waals surface area contributed by atoms with Gasteiger partial charge < -0.3 is 105 Å². The highest BCUT2D eigenvalue weighted by atomic mass is 16.4. The second kappa shape index (κ2) is 38.3. The van der Waals surface area contributed by atoms with Crippen molar-refractivity contribution in [2.24, 2.45) is 23.3 Å². The summed E-state index contributed by atoms with van der Waals surface area (Å²) in [5.74, 6) is -15.1. The molecule has 538 valence electrons. The van der Waals surface area contributed by atoms with Crippen molar-refractivity contribution in [3.63, 3.8) is 0 Å². The van der Waals surface area contributed by atoms with Gasteiger partial charge in [-0.25, -0.2) is 9.78 Å². The van der Waals surface area contributed by atoms with Gasteiger partial charge in [0.2, 0.25) is 65.0 Å². The first-order chi connectivity index (χ1) is 46.8. The normalized spacial score (nSPS) is 15.8. The van der Waals surface area contributed by atoms with Crippen LogP contribution in [-0.4, -0.2) is 214 Å². The second-order valence-electron chi connectivity index (χ2n) is 24.8. The highest BCUT2D eigenvalue weighted by Crippen LogP contribution is 2.21. The minimum Gasteiger partial charge on any atom is -0.508 e. The Bertz CT molecular complexity index is 3450. The first kappa shape index (κ1) is 79.0. The molecule has 11 atom stereocenters. The lowest BCUT2D eigenvalue weighted by atomic mass is 10.0. The number of hydrogen-bond donors (Lipinski definition) is 19. The molecular formula is C65H88N14O20. The smallest absolute Gasteiger partial charge is 0.326 e. The number of aliphatic hydroxyl groups is 2. The van der Waals surface area contributed by atoms with Gasteiger partial charge >= 0.3 is 11.9 Å². The predicted octanol–water partition coefficient (Wildman–Crippen LogP) is -3.62. The number of aliphatic carboxylic acids is 2. The van der Waals surface area contributed by atoms with Crippen molar-refractivity contribution >= 4 is 76.9 Å². The van der Waals surface area contributed by atoms with Gasteiger partial charge in [-0.2, -0.15) is 0 Å². The van der Waals surface area contributed by atoms with Crippen molar-refractivity contribution in [1.29, 1.82) is 0 Å². The van der Waals surface area contributed by atoms with Gasteiger partial charge in [-0.3, -0.25) is 57.5 Å². The molecule has 21 N–H and O–H groups in total. The van der Waals surface area contributed by atoms with E-state index >= 15 is 0 Å². The minimum absolute atomic E-state index is 0.0118. The summed E-state index contributed by atoms with van der Waals surface area (Å²) >= 11 is 0. The Labute approximate surface area is 568 Å². The molecule has 2 heterocycles. The topological polar surface area (TPSA) is 556 Å². The highest BCUT2D eigenvalue weighted by molar-refractivity contribution is 6.00. The number of likely N-dealkylation sites (tertiary alicyclic amines) is 1. The summed E-state index contributed by atoms with van der Waals surface area (Å²) in [6, 6.07) is -1.25. The van der Waals surface area contributed by atoms with E-state index in [0.29, 0.717) is 11.3 Å². The molecule has 3 aromatic carbocycles. The quantitative estimate of drug-likeness (QED) is 0.0205. The summed E-state index contributed by atoms with van der Waals surface area (Å²) in [5, 5.41) is 92.6. The molecule has 1 saturated heterocycles. The van der Waals surface area contributed by atoms with Gasteiger partial charge in [0.15, 0.2) is 0 Å².